The largest absolute Gasteiger partial charge is 0.497 e. The molecule has 0 radical (unpaired) electrons. The molecule has 0 unspecified atom stereocenters. The number of benzene rings is 2. The number of hydrogen-bond donors (Lipinski definition) is 0. The fraction of sp³-hybridized carbons (Fsp3) is 0.190. The van der Waals surface area contributed by atoms with Crippen LogP contribution in [0.2, 0.25) is 0 Å². The van der Waals surface area contributed by atoms with E-state index in [-0.39, 0.29) is 11.5 Å². The Morgan fingerprint density at radius 3 is 2.26 bits per heavy atom. The number of nitriles is 1. The molecule has 3 aromatic rings. The van der Waals surface area contributed by atoms with Crippen molar-refractivity contribution in [1.82, 2.24) is 4.98 Å². The zero-order valence-corrected chi connectivity index (χ0v) is 15.5. The number of pyridine rings is 1. The smallest absolute Gasteiger partial charge is 0.212 e. The van der Waals surface area contributed by atoms with Gasteiger partial charge < -0.3 is 14.2 Å². The third kappa shape index (κ3) is 3.15. The second-order valence-electron chi connectivity index (χ2n) is 5.85. The quantitative estimate of drug-likeness (QED) is 0.644. The van der Waals surface area contributed by atoms with Gasteiger partial charge in [-0.3, -0.25) is 4.79 Å². The summed E-state index contributed by atoms with van der Waals surface area (Å²) in [4.78, 5) is 17.6. The minimum atomic E-state index is -0.265. The predicted molar refractivity (Wildman–Crippen MR) is 101 cm³/mol. The molecule has 27 heavy (non-hydrogen) atoms. The van der Waals surface area contributed by atoms with Crippen LogP contribution in [0, 0.1) is 18.3 Å². The van der Waals surface area contributed by atoms with Gasteiger partial charge in [0.2, 0.25) is 5.78 Å². The van der Waals surface area contributed by atoms with E-state index in [4.69, 9.17) is 14.2 Å². The van der Waals surface area contributed by atoms with Crippen LogP contribution in [0.3, 0.4) is 0 Å². The Hall–Kier alpha value is -3.59. The summed E-state index contributed by atoms with van der Waals surface area (Å²) >= 11 is 0. The first-order valence-corrected chi connectivity index (χ1v) is 8.19. The Morgan fingerprint density at radius 2 is 1.67 bits per heavy atom. The number of rotatable bonds is 5. The summed E-state index contributed by atoms with van der Waals surface area (Å²) in [7, 11) is 4.58. The van der Waals surface area contributed by atoms with E-state index in [2.05, 4.69) is 11.1 Å². The molecule has 0 amide bonds. The minimum Gasteiger partial charge on any atom is -0.497 e. The molecule has 0 bridgehead atoms. The standard InChI is InChI=1S/C21H18N2O4/c1-12-17(11-22)15-9-18(26-3)19(27-4)10-16(15)20(23-12)21(24)13-6-5-7-14(8-13)25-2/h5-10H,1-4H3. The molecule has 0 saturated heterocycles. The molecule has 0 saturated carbocycles. The molecule has 0 aliphatic heterocycles. The van der Waals surface area contributed by atoms with Gasteiger partial charge in [-0.25, -0.2) is 4.98 Å². The van der Waals surface area contributed by atoms with Gasteiger partial charge in [0.05, 0.1) is 32.6 Å². The molecule has 3 rings (SSSR count). The normalized spacial score (nSPS) is 10.3. The number of ether oxygens (including phenoxy) is 3. The SMILES string of the molecule is COc1cccc(C(=O)c2nc(C)c(C#N)c3cc(OC)c(OC)cc23)c1. The molecule has 1 aromatic heterocycles. The average molecular weight is 362 g/mol. The van der Waals surface area contributed by atoms with Crippen molar-refractivity contribution < 1.29 is 19.0 Å². The van der Waals surface area contributed by atoms with Crippen molar-refractivity contribution in [2.24, 2.45) is 0 Å². The number of aryl methyl sites for hydroxylation is 1. The molecule has 0 atom stereocenters. The lowest BCUT2D eigenvalue weighted by molar-refractivity contribution is 0.103. The van der Waals surface area contributed by atoms with Crippen LogP contribution in [0.4, 0.5) is 0 Å². The van der Waals surface area contributed by atoms with Gasteiger partial charge in [-0.2, -0.15) is 5.26 Å². The Morgan fingerprint density at radius 1 is 1.00 bits per heavy atom. The maximum Gasteiger partial charge on any atom is 0.212 e. The molecule has 6 nitrogen and oxygen atoms in total. The van der Waals surface area contributed by atoms with Gasteiger partial charge >= 0.3 is 0 Å². The van der Waals surface area contributed by atoms with Crippen LogP contribution in [0.5, 0.6) is 17.2 Å². The molecule has 136 valence electrons. The first kappa shape index (κ1) is 18.2. The number of carbonyl (C=O) groups excluding carboxylic acids is 1. The lowest BCUT2D eigenvalue weighted by Crippen LogP contribution is -2.08. The third-order valence-corrected chi connectivity index (χ3v) is 4.35. The summed E-state index contributed by atoms with van der Waals surface area (Å²) < 4.78 is 15.9. The number of fused-ring (bicyclic) bond motifs is 1. The lowest BCUT2D eigenvalue weighted by atomic mass is 9.97. The van der Waals surface area contributed by atoms with Crippen LogP contribution in [0.1, 0.15) is 27.3 Å². The van der Waals surface area contributed by atoms with Crippen LogP contribution in [-0.4, -0.2) is 32.1 Å². The number of ketones is 1. The zero-order chi connectivity index (χ0) is 19.6. The van der Waals surface area contributed by atoms with E-state index in [1.807, 2.05) is 0 Å². The van der Waals surface area contributed by atoms with E-state index in [1.54, 1.807) is 50.4 Å². The molecule has 1 heterocycles. The molecular formula is C21H18N2O4. The van der Waals surface area contributed by atoms with Crippen molar-refractivity contribution in [1.29, 1.82) is 5.26 Å². The zero-order valence-electron chi connectivity index (χ0n) is 15.5. The van der Waals surface area contributed by atoms with Crippen LogP contribution in [-0.2, 0) is 0 Å². The molecule has 0 N–H and O–H groups in total. The van der Waals surface area contributed by atoms with Crippen molar-refractivity contribution in [3.05, 3.63) is 58.9 Å². The molecular weight excluding hydrogens is 344 g/mol. The summed E-state index contributed by atoms with van der Waals surface area (Å²) in [6.45, 7) is 1.71. The second-order valence-corrected chi connectivity index (χ2v) is 5.85. The van der Waals surface area contributed by atoms with E-state index in [1.165, 1.54) is 14.2 Å². The summed E-state index contributed by atoms with van der Waals surface area (Å²) in [5.74, 6) is 1.25. The van der Waals surface area contributed by atoms with Crippen molar-refractivity contribution in [2.75, 3.05) is 21.3 Å². The maximum absolute atomic E-state index is 13.2. The Balaban J connectivity index is 2.32. The predicted octanol–water partition coefficient (Wildman–Crippen LogP) is 3.67. The molecule has 0 aliphatic rings. The molecule has 6 heteroatoms. The van der Waals surface area contributed by atoms with Crippen LogP contribution >= 0.6 is 0 Å². The number of methoxy groups -OCH3 is 3. The summed E-state index contributed by atoms with van der Waals surface area (Å²) in [5.41, 5.74) is 1.56. The molecule has 0 fully saturated rings. The van der Waals surface area contributed by atoms with Crippen molar-refractivity contribution >= 4 is 16.6 Å². The fourth-order valence-electron chi connectivity index (χ4n) is 2.98. The molecule has 0 aliphatic carbocycles. The second kappa shape index (κ2) is 7.34. The summed E-state index contributed by atoms with van der Waals surface area (Å²) in [6.07, 6.45) is 0. The molecule has 0 spiro atoms. The highest BCUT2D eigenvalue weighted by Crippen LogP contribution is 2.36. The van der Waals surface area contributed by atoms with Crippen molar-refractivity contribution in [3.63, 3.8) is 0 Å². The van der Waals surface area contributed by atoms with E-state index >= 15 is 0 Å². The topological polar surface area (TPSA) is 81.4 Å². The Kier molecular flexibility index (Phi) is 4.95. The number of hydrogen-bond acceptors (Lipinski definition) is 6. The minimum absolute atomic E-state index is 0.246. The number of aromatic nitrogens is 1. The van der Waals surface area contributed by atoms with Crippen LogP contribution in [0.25, 0.3) is 10.8 Å². The number of nitrogens with zero attached hydrogens (tertiary/aromatic N) is 2. The lowest BCUT2D eigenvalue weighted by Gasteiger charge is -2.14. The highest BCUT2D eigenvalue weighted by atomic mass is 16.5. The van der Waals surface area contributed by atoms with Gasteiger partial charge in [0.25, 0.3) is 0 Å². The van der Waals surface area contributed by atoms with Gasteiger partial charge in [0.1, 0.15) is 17.5 Å². The summed E-state index contributed by atoms with van der Waals surface area (Å²) in [5, 5.41) is 10.7. The summed E-state index contributed by atoms with van der Waals surface area (Å²) in [6, 6.07) is 12.4. The average Bonchev–Trinajstić information content (AvgIpc) is 2.71. The van der Waals surface area contributed by atoms with Gasteiger partial charge in [0.15, 0.2) is 11.5 Å². The van der Waals surface area contributed by atoms with Gasteiger partial charge in [-0.05, 0) is 31.2 Å². The highest BCUT2D eigenvalue weighted by molar-refractivity contribution is 6.16. The first-order valence-electron chi connectivity index (χ1n) is 8.19. The van der Waals surface area contributed by atoms with Crippen LogP contribution < -0.4 is 14.2 Å². The number of carbonyl (C=O) groups is 1. The van der Waals surface area contributed by atoms with E-state index < -0.39 is 0 Å². The van der Waals surface area contributed by atoms with Crippen molar-refractivity contribution in [2.45, 2.75) is 6.92 Å². The van der Waals surface area contributed by atoms with Crippen LogP contribution in [0.15, 0.2) is 36.4 Å². The Bertz CT molecular complexity index is 1080. The van der Waals surface area contributed by atoms with Gasteiger partial charge in [-0.15, -0.1) is 0 Å². The van der Waals surface area contributed by atoms with E-state index in [0.29, 0.717) is 44.8 Å². The third-order valence-electron chi connectivity index (χ3n) is 4.35. The maximum atomic E-state index is 13.2. The van der Waals surface area contributed by atoms with Crippen molar-refractivity contribution in [3.8, 4) is 23.3 Å². The van der Waals surface area contributed by atoms with Gasteiger partial charge in [0, 0.05) is 16.3 Å². The van der Waals surface area contributed by atoms with E-state index in [9.17, 15) is 10.1 Å². The Labute approximate surface area is 156 Å². The first-order chi connectivity index (χ1) is 13.0. The fourth-order valence-corrected chi connectivity index (χ4v) is 2.98. The van der Waals surface area contributed by atoms with Gasteiger partial charge in [-0.1, -0.05) is 12.1 Å². The highest BCUT2D eigenvalue weighted by Gasteiger charge is 2.21. The monoisotopic (exact) mass is 362 g/mol. The van der Waals surface area contributed by atoms with E-state index in [0.717, 1.165) is 0 Å². The molecule has 2 aromatic carbocycles.